The average molecular weight is 292 g/mol. The molecule has 3 rings (SSSR count). The molecule has 0 aliphatic rings. The molecule has 0 atom stereocenters. The van der Waals surface area contributed by atoms with E-state index in [1.807, 2.05) is 55.5 Å². The Bertz CT molecular complexity index is 808. The summed E-state index contributed by atoms with van der Waals surface area (Å²) in [5.41, 5.74) is 0. The molecular weight excluding hydrogens is 276 g/mol. The number of carbonyl (C=O) groups is 1. The van der Waals surface area contributed by atoms with Crippen molar-refractivity contribution in [3.05, 3.63) is 61.2 Å². The minimum atomic E-state index is -0.473. The van der Waals surface area contributed by atoms with E-state index >= 15 is 0 Å². The van der Waals surface area contributed by atoms with E-state index in [4.69, 9.17) is 9.47 Å². The Balaban J connectivity index is 2.43. The monoisotopic (exact) mass is 292 g/mol. The third-order valence-corrected chi connectivity index (χ3v) is 3.49. The minimum absolute atomic E-state index is 0.473. The molecule has 0 unspecified atom stereocenters. The van der Waals surface area contributed by atoms with Gasteiger partial charge in [-0.2, -0.15) is 0 Å². The van der Waals surface area contributed by atoms with Gasteiger partial charge in [0.2, 0.25) is 0 Å². The highest BCUT2D eigenvalue weighted by Crippen LogP contribution is 2.42. The van der Waals surface area contributed by atoms with Crippen LogP contribution in [0.2, 0.25) is 0 Å². The lowest BCUT2D eigenvalue weighted by Crippen LogP contribution is -2.05. The molecule has 3 aromatic carbocycles. The van der Waals surface area contributed by atoms with Crippen molar-refractivity contribution in [2.45, 2.75) is 6.92 Å². The fourth-order valence-corrected chi connectivity index (χ4v) is 2.60. The van der Waals surface area contributed by atoms with E-state index in [2.05, 4.69) is 6.58 Å². The molecule has 0 aromatic heterocycles. The molecule has 0 fully saturated rings. The predicted molar refractivity (Wildman–Crippen MR) is 88.5 cm³/mol. The summed E-state index contributed by atoms with van der Waals surface area (Å²) in [5, 5.41) is 3.55. The molecule has 3 heteroatoms. The van der Waals surface area contributed by atoms with E-state index in [-0.39, 0.29) is 0 Å². The number of carbonyl (C=O) groups excluding carboxylic acids is 1. The number of rotatable bonds is 4. The van der Waals surface area contributed by atoms with Crippen molar-refractivity contribution in [3.8, 4) is 11.5 Å². The van der Waals surface area contributed by atoms with Crippen LogP contribution >= 0.6 is 0 Å². The van der Waals surface area contributed by atoms with Crippen molar-refractivity contribution in [2.75, 3.05) is 6.61 Å². The minimum Gasteiger partial charge on any atom is -0.493 e. The van der Waals surface area contributed by atoms with Crippen molar-refractivity contribution in [2.24, 2.45) is 0 Å². The molecule has 0 saturated carbocycles. The van der Waals surface area contributed by atoms with Crippen LogP contribution in [0.4, 0.5) is 0 Å². The van der Waals surface area contributed by atoms with Gasteiger partial charge >= 0.3 is 5.97 Å². The molecule has 0 radical (unpaired) electrons. The lowest BCUT2D eigenvalue weighted by Gasteiger charge is -2.16. The van der Waals surface area contributed by atoms with Crippen LogP contribution in [0.15, 0.2) is 61.2 Å². The second-order valence-electron chi connectivity index (χ2n) is 4.81. The highest BCUT2D eigenvalue weighted by Gasteiger charge is 2.16. The van der Waals surface area contributed by atoms with Crippen molar-refractivity contribution >= 4 is 27.5 Å². The first-order valence-corrected chi connectivity index (χ1v) is 7.16. The first kappa shape index (κ1) is 14.1. The van der Waals surface area contributed by atoms with E-state index in [0.29, 0.717) is 12.4 Å². The maximum atomic E-state index is 11.7. The molecule has 0 aliphatic heterocycles. The fourth-order valence-electron chi connectivity index (χ4n) is 2.60. The number of hydrogen-bond donors (Lipinski definition) is 0. The van der Waals surface area contributed by atoms with Gasteiger partial charge in [0, 0.05) is 27.6 Å². The second-order valence-corrected chi connectivity index (χ2v) is 4.81. The first-order valence-electron chi connectivity index (χ1n) is 7.16. The van der Waals surface area contributed by atoms with Gasteiger partial charge < -0.3 is 9.47 Å². The highest BCUT2D eigenvalue weighted by molar-refractivity contribution is 6.12. The Hall–Kier alpha value is -2.81. The summed E-state index contributed by atoms with van der Waals surface area (Å²) < 4.78 is 11.4. The summed E-state index contributed by atoms with van der Waals surface area (Å²) in [6.07, 6.45) is 1.17. The summed E-state index contributed by atoms with van der Waals surface area (Å²) in [4.78, 5) is 11.7. The van der Waals surface area contributed by atoms with Gasteiger partial charge in [0.15, 0.2) is 0 Å². The molecule has 0 saturated heterocycles. The Labute approximate surface area is 128 Å². The normalized spacial score (nSPS) is 10.6. The summed E-state index contributed by atoms with van der Waals surface area (Å²) in [7, 11) is 0. The Morgan fingerprint density at radius 1 is 0.955 bits per heavy atom. The molecule has 3 nitrogen and oxygen atoms in total. The quantitative estimate of drug-likeness (QED) is 0.308. The van der Waals surface area contributed by atoms with E-state index in [1.165, 1.54) is 6.08 Å². The summed E-state index contributed by atoms with van der Waals surface area (Å²) in [5.74, 6) is 0.881. The zero-order valence-corrected chi connectivity index (χ0v) is 12.3. The average Bonchev–Trinajstić information content (AvgIpc) is 2.57. The SMILES string of the molecule is C=CC(=O)Oc1c2ccccc2c(OCC)c2ccccc12. The second kappa shape index (κ2) is 5.90. The van der Waals surface area contributed by atoms with E-state index < -0.39 is 5.97 Å². The molecule has 0 N–H and O–H groups in total. The largest absolute Gasteiger partial charge is 0.493 e. The fraction of sp³-hybridized carbons (Fsp3) is 0.105. The van der Waals surface area contributed by atoms with Crippen molar-refractivity contribution in [3.63, 3.8) is 0 Å². The van der Waals surface area contributed by atoms with Crippen LogP contribution in [-0.2, 0) is 4.79 Å². The van der Waals surface area contributed by atoms with Gasteiger partial charge in [-0.25, -0.2) is 4.79 Å². The maximum absolute atomic E-state index is 11.7. The van der Waals surface area contributed by atoms with Crippen LogP contribution in [0.3, 0.4) is 0 Å². The molecule has 0 heterocycles. The molecule has 3 aromatic rings. The summed E-state index contributed by atoms with van der Waals surface area (Å²) in [6, 6.07) is 15.5. The highest BCUT2D eigenvalue weighted by atomic mass is 16.5. The molecule has 110 valence electrons. The number of ether oxygens (including phenoxy) is 2. The third-order valence-electron chi connectivity index (χ3n) is 3.49. The van der Waals surface area contributed by atoms with Gasteiger partial charge in [-0.3, -0.25) is 0 Å². The Kier molecular flexibility index (Phi) is 3.79. The van der Waals surface area contributed by atoms with Gasteiger partial charge in [-0.05, 0) is 6.92 Å². The molecule has 0 aliphatic carbocycles. The van der Waals surface area contributed by atoms with Crippen molar-refractivity contribution in [1.29, 1.82) is 0 Å². The van der Waals surface area contributed by atoms with E-state index in [1.54, 1.807) is 0 Å². The van der Waals surface area contributed by atoms with Gasteiger partial charge in [0.1, 0.15) is 11.5 Å². The lowest BCUT2D eigenvalue weighted by molar-refractivity contribution is -0.128. The molecule has 0 spiro atoms. The molecule has 0 amide bonds. The van der Waals surface area contributed by atoms with Crippen LogP contribution in [0.25, 0.3) is 21.5 Å². The zero-order chi connectivity index (χ0) is 15.5. The van der Waals surface area contributed by atoms with Crippen LogP contribution in [0.5, 0.6) is 11.5 Å². The first-order chi connectivity index (χ1) is 10.8. The molecular formula is C19H16O3. The van der Waals surface area contributed by atoms with Gasteiger partial charge in [-0.15, -0.1) is 0 Å². The number of esters is 1. The van der Waals surface area contributed by atoms with Gasteiger partial charge in [0.25, 0.3) is 0 Å². The number of hydrogen-bond acceptors (Lipinski definition) is 3. The van der Waals surface area contributed by atoms with Crippen molar-refractivity contribution in [1.82, 2.24) is 0 Å². The summed E-state index contributed by atoms with van der Waals surface area (Å²) >= 11 is 0. The molecule has 0 bridgehead atoms. The van der Waals surface area contributed by atoms with Crippen LogP contribution in [-0.4, -0.2) is 12.6 Å². The van der Waals surface area contributed by atoms with Crippen LogP contribution < -0.4 is 9.47 Å². The predicted octanol–water partition coefficient (Wildman–Crippen LogP) is 4.48. The number of fused-ring (bicyclic) bond motifs is 2. The van der Waals surface area contributed by atoms with Gasteiger partial charge in [-0.1, -0.05) is 55.1 Å². The smallest absolute Gasteiger partial charge is 0.335 e. The Morgan fingerprint density at radius 2 is 1.41 bits per heavy atom. The standard InChI is InChI=1S/C19H16O3/c1-3-17(20)22-19-15-11-7-5-9-13(15)18(21-4-2)14-10-6-8-12-16(14)19/h3,5-12H,1,4H2,2H3. The van der Waals surface area contributed by atoms with E-state index in [9.17, 15) is 4.79 Å². The van der Waals surface area contributed by atoms with Crippen LogP contribution in [0, 0.1) is 0 Å². The molecule has 22 heavy (non-hydrogen) atoms. The van der Waals surface area contributed by atoms with Crippen LogP contribution in [0.1, 0.15) is 6.92 Å². The third kappa shape index (κ3) is 2.31. The number of benzene rings is 3. The zero-order valence-electron chi connectivity index (χ0n) is 12.3. The van der Waals surface area contributed by atoms with E-state index in [0.717, 1.165) is 27.3 Å². The lowest BCUT2D eigenvalue weighted by atomic mass is 10.0. The Morgan fingerprint density at radius 3 is 1.82 bits per heavy atom. The summed E-state index contributed by atoms with van der Waals surface area (Å²) in [6.45, 7) is 5.99. The van der Waals surface area contributed by atoms with Gasteiger partial charge in [0.05, 0.1) is 6.61 Å². The maximum Gasteiger partial charge on any atom is 0.335 e. The topological polar surface area (TPSA) is 35.5 Å². The van der Waals surface area contributed by atoms with Crippen molar-refractivity contribution < 1.29 is 14.3 Å².